The summed E-state index contributed by atoms with van der Waals surface area (Å²) in [4.78, 5) is 32.1. The average molecular weight is 421 g/mol. The molecule has 0 atom stereocenters. The average Bonchev–Trinajstić information content (AvgIpc) is 3.28. The second-order valence-corrected chi connectivity index (χ2v) is 8.28. The zero-order valence-electron chi connectivity index (χ0n) is 16.9. The Kier molecular flexibility index (Phi) is 5.09. The summed E-state index contributed by atoms with van der Waals surface area (Å²) in [6.07, 6.45) is 0. The fraction of sp³-hybridized carbons (Fsp3) is 0.182. The molecule has 4 rings (SSSR count). The van der Waals surface area contributed by atoms with Crippen molar-refractivity contribution in [3.8, 4) is 11.3 Å². The van der Waals surface area contributed by atoms with Gasteiger partial charge in [0.05, 0.1) is 40.7 Å². The minimum Gasteiger partial charge on any atom is -0.465 e. The molecular weight excluding hydrogens is 402 g/mol. The lowest BCUT2D eigenvalue weighted by atomic mass is 10.0. The van der Waals surface area contributed by atoms with Gasteiger partial charge in [-0.1, -0.05) is 17.3 Å². The molecule has 30 heavy (non-hydrogen) atoms. The number of hydrogen-bond donors (Lipinski definition) is 1. The second-order valence-electron chi connectivity index (χ2n) is 6.82. The summed E-state index contributed by atoms with van der Waals surface area (Å²) in [7, 11) is 1.30. The smallest absolute Gasteiger partial charge is 0.339 e. The van der Waals surface area contributed by atoms with Crippen LogP contribution in [0, 0.1) is 20.8 Å². The molecule has 0 saturated carbocycles. The number of para-hydroxylation sites is 1. The van der Waals surface area contributed by atoms with Gasteiger partial charge in [-0.2, -0.15) is 0 Å². The van der Waals surface area contributed by atoms with Crippen molar-refractivity contribution >= 4 is 40.0 Å². The first-order valence-corrected chi connectivity index (χ1v) is 10.0. The third-order valence-electron chi connectivity index (χ3n) is 4.76. The van der Waals surface area contributed by atoms with E-state index in [4.69, 9.17) is 9.26 Å². The van der Waals surface area contributed by atoms with E-state index >= 15 is 0 Å². The summed E-state index contributed by atoms with van der Waals surface area (Å²) < 4.78 is 10.2. The molecular formula is C22H19N3O4S. The highest BCUT2D eigenvalue weighted by atomic mass is 32.1. The van der Waals surface area contributed by atoms with Gasteiger partial charge in [0.15, 0.2) is 0 Å². The lowest BCUT2D eigenvalue weighted by Crippen LogP contribution is -2.16. The molecule has 4 aromatic rings. The first kappa shape index (κ1) is 19.8. The van der Waals surface area contributed by atoms with E-state index in [0.29, 0.717) is 33.7 Å². The van der Waals surface area contributed by atoms with Gasteiger partial charge in [-0.3, -0.25) is 4.79 Å². The summed E-state index contributed by atoms with van der Waals surface area (Å²) in [6.45, 7) is 5.79. The summed E-state index contributed by atoms with van der Waals surface area (Å²) >= 11 is 1.66. The molecule has 0 bridgehead atoms. The van der Waals surface area contributed by atoms with Crippen molar-refractivity contribution < 1.29 is 18.8 Å². The first-order chi connectivity index (χ1) is 14.4. The summed E-state index contributed by atoms with van der Waals surface area (Å²) in [6, 6.07) is 10.4. The summed E-state index contributed by atoms with van der Waals surface area (Å²) in [5.74, 6) is -0.923. The van der Waals surface area contributed by atoms with Crippen molar-refractivity contribution in [2.24, 2.45) is 0 Å². The van der Waals surface area contributed by atoms with Crippen LogP contribution < -0.4 is 5.32 Å². The number of anilines is 1. The van der Waals surface area contributed by atoms with Crippen molar-refractivity contribution in [2.75, 3.05) is 12.4 Å². The van der Waals surface area contributed by atoms with Crippen LogP contribution in [0.4, 0.5) is 5.69 Å². The minimum absolute atomic E-state index is 0.269. The van der Waals surface area contributed by atoms with Gasteiger partial charge in [0, 0.05) is 15.3 Å². The number of amides is 1. The highest BCUT2D eigenvalue weighted by molar-refractivity contribution is 7.12. The van der Waals surface area contributed by atoms with E-state index in [2.05, 4.69) is 15.5 Å². The molecule has 1 N–H and O–H groups in total. The maximum atomic E-state index is 13.3. The van der Waals surface area contributed by atoms with Crippen LogP contribution in [0.25, 0.3) is 22.4 Å². The van der Waals surface area contributed by atoms with Crippen molar-refractivity contribution in [3.63, 3.8) is 0 Å². The number of hydrogen-bond acceptors (Lipinski definition) is 7. The Hall–Kier alpha value is -3.52. The first-order valence-electron chi connectivity index (χ1n) is 9.22. The molecule has 152 valence electrons. The molecule has 0 radical (unpaired) electrons. The van der Waals surface area contributed by atoms with Crippen LogP contribution in [0.1, 0.15) is 36.2 Å². The fourth-order valence-electron chi connectivity index (χ4n) is 3.37. The Morgan fingerprint density at radius 2 is 1.87 bits per heavy atom. The highest BCUT2D eigenvalue weighted by Crippen LogP contribution is 2.33. The Morgan fingerprint density at radius 3 is 2.57 bits per heavy atom. The number of pyridine rings is 1. The lowest BCUT2D eigenvalue weighted by molar-refractivity contribution is 0.0602. The topological polar surface area (TPSA) is 94.3 Å². The third kappa shape index (κ3) is 3.46. The van der Waals surface area contributed by atoms with Gasteiger partial charge in [0.1, 0.15) is 0 Å². The van der Waals surface area contributed by atoms with Gasteiger partial charge < -0.3 is 14.6 Å². The molecule has 8 heteroatoms. The van der Waals surface area contributed by atoms with E-state index in [0.717, 1.165) is 15.3 Å². The van der Waals surface area contributed by atoms with Crippen LogP contribution in [-0.4, -0.2) is 29.1 Å². The summed E-state index contributed by atoms with van der Waals surface area (Å²) in [5, 5.41) is 7.33. The number of ether oxygens (including phenoxy) is 1. The molecule has 1 aromatic carbocycles. The number of benzene rings is 1. The van der Waals surface area contributed by atoms with E-state index in [9.17, 15) is 9.59 Å². The van der Waals surface area contributed by atoms with Gasteiger partial charge in [0.2, 0.25) is 0 Å². The largest absolute Gasteiger partial charge is 0.465 e. The van der Waals surface area contributed by atoms with Crippen molar-refractivity contribution in [1.29, 1.82) is 0 Å². The SMILES string of the molecule is COC(=O)c1ccccc1NC(=O)c1cc(-c2cc(C)sc2C)nc2onc(C)c12. The van der Waals surface area contributed by atoms with Crippen LogP contribution >= 0.6 is 11.3 Å². The normalized spacial score (nSPS) is 10.9. The van der Waals surface area contributed by atoms with Gasteiger partial charge in [-0.25, -0.2) is 9.78 Å². The maximum absolute atomic E-state index is 13.3. The molecule has 3 aromatic heterocycles. The molecule has 0 spiro atoms. The molecule has 0 unspecified atom stereocenters. The predicted octanol–water partition coefficient (Wildman–Crippen LogP) is 4.92. The van der Waals surface area contributed by atoms with Crippen LogP contribution in [0.5, 0.6) is 0 Å². The van der Waals surface area contributed by atoms with E-state index in [1.54, 1.807) is 48.6 Å². The number of carbonyl (C=O) groups is 2. The Bertz CT molecular complexity index is 1290. The number of carbonyl (C=O) groups excluding carboxylic acids is 2. The Labute approximate surface area is 176 Å². The zero-order chi connectivity index (χ0) is 21.4. The number of methoxy groups -OCH3 is 1. The number of aryl methyl sites for hydroxylation is 3. The quantitative estimate of drug-likeness (QED) is 0.470. The van der Waals surface area contributed by atoms with Crippen LogP contribution in [0.15, 0.2) is 40.9 Å². The molecule has 3 heterocycles. The van der Waals surface area contributed by atoms with Gasteiger partial charge in [-0.15, -0.1) is 11.3 Å². The number of aromatic nitrogens is 2. The maximum Gasteiger partial charge on any atom is 0.339 e. The van der Waals surface area contributed by atoms with Gasteiger partial charge in [-0.05, 0) is 45.0 Å². The van der Waals surface area contributed by atoms with Crippen molar-refractivity contribution in [2.45, 2.75) is 20.8 Å². The number of rotatable bonds is 4. The number of fused-ring (bicyclic) bond motifs is 1. The van der Waals surface area contributed by atoms with Gasteiger partial charge in [0.25, 0.3) is 11.6 Å². The molecule has 0 fully saturated rings. The van der Waals surface area contributed by atoms with Crippen LogP contribution in [-0.2, 0) is 4.74 Å². The van der Waals surface area contributed by atoms with Gasteiger partial charge >= 0.3 is 5.97 Å². The Balaban J connectivity index is 1.82. The Morgan fingerprint density at radius 1 is 1.10 bits per heavy atom. The van der Waals surface area contributed by atoms with Crippen molar-refractivity contribution in [3.05, 3.63) is 63.0 Å². The number of esters is 1. The van der Waals surface area contributed by atoms with E-state index in [-0.39, 0.29) is 5.56 Å². The fourth-order valence-corrected chi connectivity index (χ4v) is 4.30. The minimum atomic E-state index is -0.531. The molecule has 0 aliphatic heterocycles. The second kappa shape index (κ2) is 7.72. The molecule has 1 amide bonds. The van der Waals surface area contributed by atoms with Crippen molar-refractivity contribution in [1.82, 2.24) is 10.1 Å². The zero-order valence-corrected chi connectivity index (χ0v) is 17.7. The highest BCUT2D eigenvalue weighted by Gasteiger charge is 2.22. The summed E-state index contributed by atoms with van der Waals surface area (Å²) in [5.41, 5.74) is 3.43. The number of nitrogens with zero attached hydrogens (tertiary/aromatic N) is 2. The molecule has 0 saturated heterocycles. The third-order valence-corrected chi connectivity index (χ3v) is 5.73. The number of nitrogens with one attached hydrogen (secondary N) is 1. The monoisotopic (exact) mass is 421 g/mol. The van der Waals surface area contributed by atoms with E-state index in [1.807, 2.05) is 19.9 Å². The van der Waals surface area contributed by atoms with Crippen LogP contribution in [0.3, 0.4) is 0 Å². The van der Waals surface area contributed by atoms with E-state index in [1.165, 1.54) is 7.11 Å². The standard InChI is InChI=1S/C22H19N3O4S/c1-11-9-15(13(3)30-11)18-10-16(19-12(2)25-29-21(19)24-18)20(26)23-17-8-6-5-7-14(17)22(27)28-4/h5-10H,1-4H3,(H,23,26). The number of thiophene rings is 1. The van der Waals surface area contributed by atoms with E-state index < -0.39 is 11.9 Å². The van der Waals surface area contributed by atoms with Crippen LogP contribution in [0.2, 0.25) is 0 Å². The predicted molar refractivity (Wildman–Crippen MR) is 115 cm³/mol. The molecule has 0 aliphatic carbocycles. The lowest BCUT2D eigenvalue weighted by Gasteiger charge is -2.11. The molecule has 7 nitrogen and oxygen atoms in total. The molecule has 0 aliphatic rings.